The van der Waals surface area contributed by atoms with Gasteiger partial charge in [0.25, 0.3) is 10.0 Å². The van der Waals surface area contributed by atoms with E-state index in [1.54, 1.807) is 0 Å². The minimum Gasteiger partial charge on any atom is -0.399 e. The summed E-state index contributed by atoms with van der Waals surface area (Å²) in [6, 6.07) is 5.96. The van der Waals surface area contributed by atoms with Gasteiger partial charge in [0.2, 0.25) is 5.95 Å². The average molecular weight is 306 g/mol. The third-order valence-electron chi connectivity index (χ3n) is 3.24. The number of aromatic nitrogens is 2. The monoisotopic (exact) mass is 306 g/mol. The average Bonchev–Trinajstić information content (AvgIpc) is 2.42. The summed E-state index contributed by atoms with van der Waals surface area (Å²) in [5.41, 5.74) is 8.63. The van der Waals surface area contributed by atoms with Crippen LogP contribution in [-0.4, -0.2) is 18.4 Å². The van der Waals surface area contributed by atoms with Crippen LogP contribution in [0.4, 0.5) is 11.6 Å². The molecule has 0 spiro atoms. The van der Waals surface area contributed by atoms with E-state index in [4.69, 9.17) is 5.73 Å². The Bertz CT molecular complexity index is 755. The molecule has 0 saturated carbocycles. The Balaban J connectivity index is 2.37. The van der Waals surface area contributed by atoms with E-state index in [-0.39, 0.29) is 10.8 Å². The molecule has 112 valence electrons. The van der Waals surface area contributed by atoms with Crippen LogP contribution < -0.4 is 10.5 Å². The number of nitrogens with two attached hydrogens (primary N) is 1. The summed E-state index contributed by atoms with van der Waals surface area (Å²) >= 11 is 0. The Kier molecular flexibility index (Phi) is 4.13. The van der Waals surface area contributed by atoms with Crippen LogP contribution in [0, 0.1) is 13.8 Å². The molecule has 0 radical (unpaired) electrons. The van der Waals surface area contributed by atoms with Crippen molar-refractivity contribution in [3.63, 3.8) is 0 Å². The molecule has 6 nitrogen and oxygen atoms in total. The van der Waals surface area contributed by atoms with Gasteiger partial charge in [-0.1, -0.05) is 6.92 Å². The molecule has 0 aliphatic heterocycles. The molecule has 21 heavy (non-hydrogen) atoms. The molecule has 0 atom stereocenters. The second kappa shape index (κ2) is 5.69. The fourth-order valence-electron chi connectivity index (χ4n) is 1.90. The molecule has 1 aromatic heterocycles. The highest BCUT2D eigenvalue weighted by Crippen LogP contribution is 2.17. The quantitative estimate of drug-likeness (QED) is 0.842. The number of sulfonamides is 1. The van der Waals surface area contributed by atoms with E-state index in [1.165, 1.54) is 24.3 Å². The van der Waals surface area contributed by atoms with Crippen molar-refractivity contribution >= 4 is 21.7 Å². The van der Waals surface area contributed by atoms with Gasteiger partial charge in [0.15, 0.2) is 0 Å². The number of benzene rings is 1. The number of nitrogens with zero attached hydrogens (tertiary/aromatic N) is 2. The van der Waals surface area contributed by atoms with Crippen molar-refractivity contribution in [1.82, 2.24) is 9.97 Å². The van der Waals surface area contributed by atoms with Gasteiger partial charge in [-0.3, -0.25) is 0 Å². The molecule has 0 aliphatic rings. The van der Waals surface area contributed by atoms with Crippen molar-refractivity contribution in [2.75, 3.05) is 10.5 Å². The first-order valence-corrected chi connectivity index (χ1v) is 8.04. The lowest BCUT2D eigenvalue weighted by atomic mass is 10.1. The van der Waals surface area contributed by atoms with Crippen LogP contribution in [0.15, 0.2) is 29.2 Å². The molecule has 7 heteroatoms. The predicted molar refractivity (Wildman–Crippen MR) is 82.5 cm³/mol. The van der Waals surface area contributed by atoms with Gasteiger partial charge in [-0.25, -0.2) is 23.1 Å². The Labute approximate surface area is 124 Å². The molecule has 0 unspecified atom stereocenters. The summed E-state index contributed by atoms with van der Waals surface area (Å²) in [6.45, 7) is 5.72. The molecule has 0 bridgehead atoms. The van der Waals surface area contributed by atoms with E-state index < -0.39 is 10.0 Å². The van der Waals surface area contributed by atoms with Gasteiger partial charge < -0.3 is 5.73 Å². The first kappa shape index (κ1) is 15.2. The normalized spacial score (nSPS) is 11.4. The van der Waals surface area contributed by atoms with E-state index in [0.717, 1.165) is 17.0 Å². The first-order chi connectivity index (χ1) is 9.83. The topological polar surface area (TPSA) is 98.0 Å². The Morgan fingerprint density at radius 3 is 2.33 bits per heavy atom. The van der Waals surface area contributed by atoms with Crippen LogP contribution in [0.1, 0.15) is 23.9 Å². The van der Waals surface area contributed by atoms with E-state index in [9.17, 15) is 8.42 Å². The highest BCUT2D eigenvalue weighted by molar-refractivity contribution is 7.92. The van der Waals surface area contributed by atoms with E-state index in [0.29, 0.717) is 12.1 Å². The number of hydrogen-bond acceptors (Lipinski definition) is 5. The minimum absolute atomic E-state index is 0.0896. The lowest BCUT2D eigenvalue weighted by Gasteiger charge is -2.11. The third-order valence-corrected chi connectivity index (χ3v) is 4.59. The van der Waals surface area contributed by atoms with Gasteiger partial charge in [0.05, 0.1) is 4.90 Å². The molecular weight excluding hydrogens is 288 g/mol. The van der Waals surface area contributed by atoms with Crippen LogP contribution in [0.25, 0.3) is 0 Å². The lowest BCUT2D eigenvalue weighted by molar-refractivity contribution is 0.600. The zero-order chi connectivity index (χ0) is 15.6. The second-order valence-corrected chi connectivity index (χ2v) is 6.41. The van der Waals surface area contributed by atoms with Crippen molar-refractivity contribution in [2.24, 2.45) is 0 Å². The van der Waals surface area contributed by atoms with Crippen LogP contribution in [0.5, 0.6) is 0 Å². The lowest BCUT2D eigenvalue weighted by Crippen LogP contribution is -2.16. The molecule has 0 amide bonds. The smallest absolute Gasteiger partial charge is 0.264 e. The summed E-state index contributed by atoms with van der Waals surface area (Å²) in [5.74, 6) is 0.0896. The van der Waals surface area contributed by atoms with Crippen molar-refractivity contribution in [1.29, 1.82) is 0 Å². The molecular formula is C14H18N4O2S. The molecule has 3 N–H and O–H groups in total. The summed E-state index contributed by atoms with van der Waals surface area (Å²) in [4.78, 5) is 8.56. The van der Waals surface area contributed by atoms with Gasteiger partial charge in [0.1, 0.15) is 0 Å². The standard InChI is InChI=1S/C14H18N4O2S/c1-4-13-9(2)10(3)16-14(17-13)18-21(19,20)12-7-5-11(15)6-8-12/h5-8H,4,15H2,1-3H3,(H,16,17,18). The maximum absolute atomic E-state index is 12.3. The Hall–Kier alpha value is -2.15. The van der Waals surface area contributed by atoms with Crippen molar-refractivity contribution in [3.05, 3.63) is 41.2 Å². The molecule has 1 heterocycles. The zero-order valence-electron chi connectivity index (χ0n) is 12.2. The number of nitrogens with one attached hydrogen (secondary N) is 1. The fraction of sp³-hybridized carbons (Fsp3) is 0.286. The van der Waals surface area contributed by atoms with Crippen LogP contribution in [0.2, 0.25) is 0 Å². The SMILES string of the molecule is CCc1nc(NS(=O)(=O)c2ccc(N)cc2)nc(C)c1C. The zero-order valence-corrected chi connectivity index (χ0v) is 13.0. The van der Waals surface area contributed by atoms with Gasteiger partial charge in [-0.05, 0) is 50.1 Å². The summed E-state index contributed by atoms with van der Waals surface area (Å²) in [6.07, 6.45) is 0.714. The second-order valence-electron chi connectivity index (χ2n) is 4.73. The summed E-state index contributed by atoms with van der Waals surface area (Å²) in [5, 5.41) is 0. The van der Waals surface area contributed by atoms with Gasteiger partial charge in [0, 0.05) is 17.1 Å². The van der Waals surface area contributed by atoms with Crippen molar-refractivity contribution in [3.8, 4) is 0 Å². The highest BCUT2D eigenvalue weighted by atomic mass is 32.2. The first-order valence-electron chi connectivity index (χ1n) is 6.56. The third kappa shape index (κ3) is 3.30. The van der Waals surface area contributed by atoms with Crippen molar-refractivity contribution < 1.29 is 8.42 Å². The fourth-order valence-corrected chi connectivity index (χ4v) is 2.85. The molecule has 1 aromatic carbocycles. The molecule has 0 aliphatic carbocycles. The largest absolute Gasteiger partial charge is 0.399 e. The minimum atomic E-state index is -3.72. The van der Waals surface area contributed by atoms with E-state index in [2.05, 4.69) is 14.7 Å². The molecule has 0 fully saturated rings. The maximum atomic E-state index is 12.3. The number of hydrogen-bond donors (Lipinski definition) is 2. The highest BCUT2D eigenvalue weighted by Gasteiger charge is 2.17. The van der Waals surface area contributed by atoms with Crippen LogP contribution in [-0.2, 0) is 16.4 Å². The van der Waals surface area contributed by atoms with Crippen LogP contribution >= 0.6 is 0 Å². The van der Waals surface area contributed by atoms with Gasteiger partial charge in [-0.15, -0.1) is 0 Å². The summed E-state index contributed by atoms with van der Waals surface area (Å²) in [7, 11) is -3.72. The van der Waals surface area contributed by atoms with Gasteiger partial charge in [-0.2, -0.15) is 0 Å². The predicted octanol–water partition coefficient (Wildman–Crippen LogP) is 2.04. The maximum Gasteiger partial charge on any atom is 0.264 e. The van der Waals surface area contributed by atoms with E-state index >= 15 is 0 Å². The number of rotatable bonds is 4. The number of aryl methyl sites for hydroxylation is 2. The number of anilines is 2. The molecule has 0 saturated heterocycles. The van der Waals surface area contributed by atoms with Gasteiger partial charge >= 0.3 is 0 Å². The van der Waals surface area contributed by atoms with E-state index in [1.807, 2.05) is 20.8 Å². The van der Waals surface area contributed by atoms with Crippen LogP contribution in [0.3, 0.4) is 0 Å². The summed E-state index contributed by atoms with van der Waals surface area (Å²) < 4.78 is 27.0. The molecule has 2 rings (SSSR count). The molecule has 2 aromatic rings. The Morgan fingerprint density at radius 1 is 1.14 bits per heavy atom. The Morgan fingerprint density at radius 2 is 1.76 bits per heavy atom. The number of nitrogen functional groups attached to an aromatic ring is 1. The van der Waals surface area contributed by atoms with Crippen molar-refractivity contribution in [2.45, 2.75) is 32.1 Å².